The predicted molar refractivity (Wildman–Crippen MR) is 121 cm³/mol. The van der Waals surface area contributed by atoms with Crippen LogP contribution in [0, 0.1) is 0 Å². The molecule has 35 heavy (non-hydrogen) atoms. The first-order chi connectivity index (χ1) is 16.6. The molecule has 9 nitrogen and oxygen atoms in total. The van der Waals surface area contributed by atoms with Crippen LogP contribution >= 0.6 is 0 Å². The average Bonchev–Trinajstić information content (AvgIpc) is 3.62. The van der Waals surface area contributed by atoms with Gasteiger partial charge in [-0.15, -0.1) is 0 Å². The highest BCUT2D eigenvalue weighted by Gasteiger charge is 2.51. The quantitative estimate of drug-likeness (QED) is 0.366. The second kappa shape index (κ2) is 10.5. The number of allylic oxidation sites excluding steroid dienone is 1. The lowest BCUT2D eigenvalue weighted by Crippen LogP contribution is -2.49. The van der Waals surface area contributed by atoms with Gasteiger partial charge in [-0.2, -0.15) is 13.2 Å². The fourth-order valence-corrected chi connectivity index (χ4v) is 3.04. The number of nitrogens with two attached hydrogens (primary N) is 1. The number of alkyl halides is 3. The molecular formula is C23H24F3N5O4. The van der Waals surface area contributed by atoms with Crippen molar-refractivity contribution in [1.29, 1.82) is 0 Å². The van der Waals surface area contributed by atoms with E-state index >= 15 is 0 Å². The minimum atomic E-state index is -4.64. The molecule has 2 amide bonds. The lowest BCUT2D eigenvalue weighted by atomic mass is 10.2. The Balaban J connectivity index is 1.60. The summed E-state index contributed by atoms with van der Waals surface area (Å²) >= 11 is 0. The van der Waals surface area contributed by atoms with Crippen molar-refractivity contribution in [2.75, 3.05) is 14.2 Å². The molecule has 0 atom stereocenters. The summed E-state index contributed by atoms with van der Waals surface area (Å²) in [7, 11) is 2.80. The summed E-state index contributed by atoms with van der Waals surface area (Å²) in [6, 6.07) is 6.31. The van der Waals surface area contributed by atoms with Crippen molar-refractivity contribution in [3.05, 3.63) is 59.6 Å². The van der Waals surface area contributed by atoms with Gasteiger partial charge in [-0.3, -0.25) is 19.6 Å². The molecule has 12 heteroatoms. The molecule has 0 bridgehead atoms. The first-order valence-corrected chi connectivity index (χ1v) is 10.4. The van der Waals surface area contributed by atoms with Crippen molar-refractivity contribution in [3.63, 3.8) is 0 Å². The third-order valence-corrected chi connectivity index (χ3v) is 5.15. The molecule has 0 unspecified atom stereocenters. The van der Waals surface area contributed by atoms with Crippen LogP contribution in [0.15, 0.2) is 53.3 Å². The first-order valence-electron chi connectivity index (χ1n) is 10.4. The van der Waals surface area contributed by atoms with Gasteiger partial charge in [-0.05, 0) is 49.2 Å². The number of amides is 2. The Hall–Kier alpha value is -4.09. The molecule has 1 saturated carbocycles. The Morgan fingerprint density at radius 3 is 2.51 bits per heavy atom. The molecule has 1 heterocycles. The molecule has 2 aromatic rings. The average molecular weight is 491 g/mol. The number of nitrogens with one attached hydrogen (secondary N) is 2. The Morgan fingerprint density at radius 2 is 1.94 bits per heavy atom. The van der Waals surface area contributed by atoms with Crippen molar-refractivity contribution in [2.45, 2.75) is 31.1 Å². The van der Waals surface area contributed by atoms with Crippen LogP contribution in [-0.2, 0) is 22.3 Å². The van der Waals surface area contributed by atoms with E-state index in [9.17, 15) is 22.8 Å². The monoisotopic (exact) mass is 491 g/mol. The van der Waals surface area contributed by atoms with Crippen molar-refractivity contribution in [1.82, 2.24) is 15.6 Å². The lowest BCUT2D eigenvalue weighted by molar-refractivity contribution is -0.138. The standard InChI is InChI=1S/C23H24F3N5O4/c1-28-10-7-18(27)20(32)31-22(8-9-22)21(33)30-12-14-3-4-16(13-29-14)35-19-6-5-15(34-2)11-17(19)23(24,25)26/h3-7,10-11,13H,8-9,12,27H2,1-2H3,(H,30,33)(H,31,32). The molecule has 1 aromatic carbocycles. The molecule has 1 aromatic heterocycles. The molecule has 1 aliphatic rings. The van der Waals surface area contributed by atoms with E-state index in [0.717, 1.165) is 12.1 Å². The van der Waals surface area contributed by atoms with Crippen molar-refractivity contribution >= 4 is 18.0 Å². The van der Waals surface area contributed by atoms with Gasteiger partial charge in [0, 0.05) is 13.3 Å². The topological polar surface area (TPSA) is 128 Å². The number of ether oxygens (including phenoxy) is 2. The summed E-state index contributed by atoms with van der Waals surface area (Å²) in [5, 5.41) is 5.32. The van der Waals surface area contributed by atoms with Crippen LogP contribution in [0.1, 0.15) is 24.1 Å². The molecule has 0 saturated heterocycles. The number of aliphatic imine (C=N–C) groups is 1. The molecule has 1 fully saturated rings. The van der Waals surface area contributed by atoms with Crippen LogP contribution < -0.4 is 25.8 Å². The van der Waals surface area contributed by atoms with Crippen LogP contribution in [0.4, 0.5) is 13.2 Å². The molecule has 1 aliphatic carbocycles. The van der Waals surface area contributed by atoms with E-state index in [2.05, 4.69) is 20.6 Å². The number of halogens is 3. The van der Waals surface area contributed by atoms with Crippen LogP contribution in [0.25, 0.3) is 0 Å². The smallest absolute Gasteiger partial charge is 0.420 e. The van der Waals surface area contributed by atoms with Gasteiger partial charge in [-0.1, -0.05) is 0 Å². The maximum atomic E-state index is 13.4. The molecule has 4 N–H and O–H groups in total. The largest absolute Gasteiger partial charge is 0.497 e. The fourth-order valence-electron chi connectivity index (χ4n) is 3.04. The minimum absolute atomic E-state index is 0.0425. The summed E-state index contributed by atoms with van der Waals surface area (Å²) < 4.78 is 50.3. The van der Waals surface area contributed by atoms with Gasteiger partial charge in [0.2, 0.25) is 5.91 Å². The van der Waals surface area contributed by atoms with Gasteiger partial charge < -0.3 is 25.8 Å². The van der Waals surface area contributed by atoms with E-state index in [1.807, 2.05) is 0 Å². The molecule has 3 rings (SSSR count). The van der Waals surface area contributed by atoms with E-state index < -0.39 is 34.8 Å². The SMILES string of the molecule is CN=CC=C(N)C(=O)NC1(C(=O)NCc2ccc(Oc3ccc(OC)cc3C(F)(F)F)cn2)CC1. The Morgan fingerprint density at radius 1 is 1.23 bits per heavy atom. The highest BCUT2D eigenvalue weighted by molar-refractivity contribution is 6.01. The number of aromatic nitrogens is 1. The number of pyridine rings is 1. The van der Waals surface area contributed by atoms with Crippen LogP contribution in [0.3, 0.4) is 0 Å². The van der Waals surface area contributed by atoms with E-state index in [1.54, 1.807) is 0 Å². The number of methoxy groups -OCH3 is 1. The Labute approximate surface area is 199 Å². The number of carbonyl (C=O) groups excluding carboxylic acids is 2. The third kappa shape index (κ3) is 6.49. The van der Waals surface area contributed by atoms with E-state index in [1.165, 1.54) is 50.8 Å². The molecule has 0 radical (unpaired) electrons. The summed E-state index contributed by atoms with van der Waals surface area (Å²) in [6.07, 6.45) is 0.236. The lowest BCUT2D eigenvalue weighted by Gasteiger charge is -2.17. The summed E-state index contributed by atoms with van der Waals surface area (Å²) in [5.74, 6) is -1.23. The van der Waals surface area contributed by atoms with E-state index in [-0.39, 0.29) is 23.7 Å². The fraction of sp³-hybridized carbons (Fsp3) is 0.304. The number of carbonyl (C=O) groups is 2. The van der Waals surface area contributed by atoms with Crippen LogP contribution in [0.2, 0.25) is 0 Å². The maximum Gasteiger partial charge on any atom is 0.420 e. The second-order valence-corrected chi connectivity index (χ2v) is 7.70. The highest BCUT2D eigenvalue weighted by Crippen LogP contribution is 2.40. The van der Waals surface area contributed by atoms with Crippen molar-refractivity contribution < 1.29 is 32.2 Å². The van der Waals surface area contributed by atoms with Gasteiger partial charge in [0.25, 0.3) is 5.91 Å². The zero-order valence-corrected chi connectivity index (χ0v) is 19.0. The van der Waals surface area contributed by atoms with Crippen LogP contribution in [-0.4, -0.2) is 42.7 Å². The Kier molecular flexibility index (Phi) is 7.62. The molecule has 0 spiro atoms. The summed E-state index contributed by atoms with van der Waals surface area (Å²) in [4.78, 5) is 32.6. The number of hydrogen-bond acceptors (Lipinski definition) is 7. The summed E-state index contributed by atoms with van der Waals surface area (Å²) in [5.41, 5.74) is 4.00. The number of nitrogens with zero attached hydrogens (tertiary/aromatic N) is 2. The third-order valence-electron chi connectivity index (χ3n) is 5.15. The predicted octanol–water partition coefficient (Wildman–Crippen LogP) is 2.71. The van der Waals surface area contributed by atoms with Crippen molar-refractivity contribution in [2.24, 2.45) is 10.7 Å². The highest BCUT2D eigenvalue weighted by atomic mass is 19.4. The summed E-state index contributed by atoms with van der Waals surface area (Å²) in [6.45, 7) is 0.0425. The zero-order chi connectivity index (χ0) is 25.6. The van der Waals surface area contributed by atoms with Gasteiger partial charge >= 0.3 is 6.18 Å². The number of hydrogen-bond donors (Lipinski definition) is 3. The normalized spacial score (nSPS) is 14.9. The number of rotatable bonds is 9. The molecule has 0 aliphatic heterocycles. The van der Waals surface area contributed by atoms with E-state index in [0.29, 0.717) is 18.5 Å². The number of benzene rings is 1. The molecular weight excluding hydrogens is 467 g/mol. The van der Waals surface area contributed by atoms with Crippen LogP contribution in [0.5, 0.6) is 17.2 Å². The van der Waals surface area contributed by atoms with Gasteiger partial charge in [0.05, 0.1) is 31.2 Å². The van der Waals surface area contributed by atoms with Gasteiger partial charge in [-0.25, -0.2) is 0 Å². The van der Waals surface area contributed by atoms with Crippen molar-refractivity contribution in [3.8, 4) is 17.2 Å². The van der Waals surface area contributed by atoms with Gasteiger partial charge in [0.1, 0.15) is 28.4 Å². The minimum Gasteiger partial charge on any atom is -0.497 e. The Bertz CT molecular complexity index is 1140. The van der Waals surface area contributed by atoms with Gasteiger partial charge in [0.15, 0.2) is 0 Å². The molecule has 186 valence electrons. The zero-order valence-electron chi connectivity index (χ0n) is 19.0. The van der Waals surface area contributed by atoms with E-state index in [4.69, 9.17) is 15.2 Å². The second-order valence-electron chi connectivity index (χ2n) is 7.70. The first kappa shape index (κ1) is 25.5. The maximum absolute atomic E-state index is 13.4.